The van der Waals surface area contributed by atoms with E-state index in [-0.39, 0.29) is 5.91 Å². The number of benzene rings is 2. The number of rotatable bonds is 6. The summed E-state index contributed by atoms with van der Waals surface area (Å²) in [4.78, 5) is 27.8. The Balaban J connectivity index is 1.59. The standard InChI is InChI=1S/C23H17NO4S3/c1-2-27-18-13-15(10-11-17(18)28-22(26)19-9-6-12-30-19)14-20-21(25)24(23(29)31-20)16-7-4-3-5-8-16/h3-14H,2H2,1H3/b20-14-. The van der Waals surface area contributed by atoms with Gasteiger partial charge in [-0.1, -0.05) is 54.3 Å². The molecule has 1 aliphatic heterocycles. The summed E-state index contributed by atoms with van der Waals surface area (Å²) in [5, 5.41) is 1.81. The highest BCUT2D eigenvalue weighted by Crippen LogP contribution is 2.37. The lowest BCUT2D eigenvalue weighted by atomic mass is 10.1. The molecule has 1 amide bonds. The quantitative estimate of drug-likeness (QED) is 0.198. The van der Waals surface area contributed by atoms with Gasteiger partial charge in [-0.05, 0) is 54.3 Å². The summed E-state index contributed by atoms with van der Waals surface area (Å²) < 4.78 is 11.7. The Kier molecular flexibility index (Phi) is 6.50. The minimum atomic E-state index is -0.438. The van der Waals surface area contributed by atoms with E-state index in [4.69, 9.17) is 21.7 Å². The van der Waals surface area contributed by atoms with Gasteiger partial charge in [0.1, 0.15) is 4.88 Å². The zero-order valence-electron chi connectivity index (χ0n) is 16.4. The number of thioether (sulfide) groups is 1. The van der Waals surface area contributed by atoms with Crippen molar-refractivity contribution in [3.63, 3.8) is 0 Å². The third-order valence-electron chi connectivity index (χ3n) is 4.30. The van der Waals surface area contributed by atoms with Gasteiger partial charge < -0.3 is 9.47 Å². The highest BCUT2D eigenvalue weighted by molar-refractivity contribution is 8.27. The second kappa shape index (κ2) is 9.47. The first kappa shape index (κ1) is 21.3. The van der Waals surface area contributed by atoms with E-state index < -0.39 is 5.97 Å². The summed E-state index contributed by atoms with van der Waals surface area (Å²) in [5.74, 6) is 0.147. The number of amides is 1. The molecule has 1 saturated heterocycles. The van der Waals surface area contributed by atoms with Gasteiger partial charge in [0, 0.05) is 0 Å². The number of esters is 1. The van der Waals surface area contributed by atoms with Gasteiger partial charge in [0.15, 0.2) is 15.8 Å². The fraction of sp³-hybridized carbons (Fsp3) is 0.0870. The molecule has 0 atom stereocenters. The van der Waals surface area contributed by atoms with Gasteiger partial charge in [-0.2, -0.15) is 0 Å². The topological polar surface area (TPSA) is 55.8 Å². The molecule has 0 aliphatic carbocycles. The van der Waals surface area contributed by atoms with Crippen molar-refractivity contribution in [3.05, 3.63) is 81.4 Å². The van der Waals surface area contributed by atoms with Crippen LogP contribution >= 0.6 is 35.3 Å². The summed E-state index contributed by atoms with van der Waals surface area (Å²) in [6.07, 6.45) is 1.76. The molecule has 4 rings (SSSR count). The average molecular weight is 468 g/mol. The average Bonchev–Trinajstić information content (AvgIpc) is 3.39. The first-order valence-corrected chi connectivity index (χ1v) is 11.5. The zero-order valence-corrected chi connectivity index (χ0v) is 18.9. The van der Waals surface area contributed by atoms with Gasteiger partial charge in [0.2, 0.25) is 0 Å². The number of thiophene rings is 1. The number of para-hydroxylation sites is 1. The molecule has 8 heteroatoms. The van der Waals surface area contributed by atoms with Gasteiger partial charge in [-0.15, -0.1) is 11.3 Å². The van der Waals surface area contributed by atoms with Crippen LogP contribution in [0.2, 0.25) is 0 Å². The van der Waals surface area contributed by atoms with E-state index in [0.717, 1.165) is 11.3 Å². The van der Waals surface area contributed by atoms with Crippen molar-refractivity contribution >= 4 is 63.3 Å². The number of anilines is 1. The summed E-state index contributed by atoms with van der Waals surface area (Å²) in [5.41, 5.74) is 1.48. The molecule has 0 N–H and O–H groups in total. The molecular formula is C23H17NO4S3. The number of carbonyl (C=O) groups is 2. The van der Waals surface area contributed by atoms with Crippen molar-refractivity contribution in [1.82, 2.24) is 0 Å². The second-order valence-corrected chi connectivity index (χ2v) is 8.98. The Morgan fingerprint density at radius 2 is 1.90 bits per heavy atom. The minimum absolute atomic E-state index is 0.174. The van der Waals surface area contributed by atoms with Crippen molar-refractivity contribution < 1.29 is 19.1 Å². The van der Waals surface area contributed by atoms with Gasteiger partial charge >= 0.3 is 5.97 Å². The number of hydrogen-bond donors (Lipinski definition) is 0. The fourth-order valence-corrected chi connectivity index (χ4v) is 4.83. The third kappa shape index (κ3) is 4.71. The van der Waals surface area contributed by atoms with Crippen molar-refractivity contribution in [2.45, 2.75) is 6.92 Å². The number of carbonyl (C=O) groups excluding carboxylic acids is 2. The van der Waals surface area contributed by atoms with Crippen LogP contribution in [-0.2, 0) is 4.79 Å². The van der Waals surface area contributed by atoms with Gasteiger partial charge in [-0.25, -0.2) is 4.79 Å². The Morgan fingerprint density at radius 3 is 2.61 bits per heavy atom. The second-order valence-electron chi connectivity index (χ2n) is 6.36. The molecule has 2 aromatic carbocycles. The maximum Gasteiger partial charge on any atom is 0.353 e. The van der Waals surface area contributed by atoms with Gasteiger partial charge in [0.05, 0.1) is 17.2 Å². The molecule has 0 radical (unpaired) electrons. The van der Waals surface area contributed by atoms with Crippen molar-refractivity contribution in [2.24, 2.45) is 0 Å². The Bertz CT molecular complexity index is 1160. The first-order chi connectivity index (χ1) is 15.1. The molecule has 0 saturated carbocycles. The lowest BCUT2D eigenvalue weighted by Crippen LogP contribution is -2.27. The Hall–Kier alpha value is -2.94. The molecule has 5 nitrogen and oxygen atoms in total. The number of ether oxygens (including phenoxy) is 2. The fourth-order valence-electron chi connectivity index (χ4n) is 2.93. The van der Waals surface area contributed by atoms with E-state index in [9.17, 15) is 9.59 Å². The van der Waals surface area contributed by atoms with Crippen LogP contribution in [0, 0.1) is 0 Å². The molecule has 156 valence electrons. The van der Waals surface area contributed by atoms with E-state index in [1.807, 2.05) is 42.6 Å². The molecule has 1 fully saturated rings. The van der Waals surface area contributed by atoms with E-state index in [2.05, 4.69) is 0 Å². The van der Waals surface area contributed by atoms with E-state index in [1.54, 1.807) is 36.4 Å². The van der Waals surface area contributed by atoms with Crippen molar-refractivity contribution in [1.29, 1.82) is 0 Å². The molecule has 0 bridgehead atoms. The van der Waals surface area contributed by atoms with E-state index >= 15 is 0 Å². The summed E-state index contributed by atoms with van der Waals surface area (Å²) in [7, 11) is 0. The highest BCUT2D eigenvalue weighted by Gasteiger charge is 2.33. The largest absolute Gasteiger partial charge is 0.490 e. The number of hydrogen-bond acceptors (Lipinski definition) is 7. The van der Waals surface area contributed by atoms with Gasteiger partial charge in [-0.3, -0.25) is 9.69 Å². The molecule has 31 heavy (non-hydrogen) atoms. The first-order valence-electron chi connectivity index (χ1n) is 9.42. The van der Waals surface area contributed by atoms with Crippen LogP contribution in [0.5, 0.6) is 11.5 Å². The number of thiocarbonyl (C=S) groups is 1. The van der Waals surface area contributed by atoms with E-state index in [1.165, 1.54) is 28.0 Å². The molecule has 3 aromatic rings. The molecule has 0 unspecified atom stereocenters. The van der Waals surface area contributed by atoms with Crippen LogP contribution in [0.15, 0.2) is 70.9 Å². The van der Waals surface area contributed by atoms with Crippen LogP contribution < -0.4 is 14.4 Å². The normalized spacial score (nSPS) is 14.9. The lowest BCUT2D eigenvalue weighted by molar-refractivity contribution is -0.113. The summed E-state index contributed by atoms with van der Waals surface area (Å²) in [6.45, 7) is 2.26. The van der Waals surface area contributed by atoms with Crippen molar-refractivity contribution in [2.75, 3.05) is 11.5 Å². The van der Waals surface area contributed by atoms with E-state index in [0.29, 0.717) is 32.2 Å². The van der Waals surface area contributed by atoms with Crippen LogP contribution in [0.3, 0.4) is 0 Å². The molecule has 2 heterocycles. The van der Waals surface area contributed by atoms with Crippen LogP contribution in [-0.4, -0.2) is 22.8 Å². The Morgan fingerprint density at radius 1 is 1.10 bits per heavy atom. The summed E-state index contributed by atoms with van der Waals surface area (Å²) in [6, 6.07) is 18.0. The molecular weight excluding hydrogens is 450 g/mol. The maximum absolute atomic E-state index is 12.9. The molecule has 1 aliphatic rings. The third-order valence-corrected chi connectivity index (χ3v) is 6.45. The predicted octanol–water partition coefficient (Wildman–Crippen LogP) is 5.77. The highest BCUT2D eigenvalue weighted by atomic mass is 32.2. The lowest BCUT2D eigenvalue weighted by Gasteiger charge is -2.13. The minimum Gasteiger partial charge on any atom is -0.490 e. The van der Waals surface area contributed by atoms with Crippen molar-refractivity contribution in [3.8, 4) is 11.5 Å². The maximum atomic E-state index is 12.9. The molecule has 0 spiro atoms. The molecule has 1 aromatic heterocycles. The SMILES string of the molecule is CCOc1cc(/C=C2\SC(=S)N(c3ccccc3)C2=O)ccc1OC(=O)c1cccs1. The summed E-state index contributed by atoms with van der Waals surface area (Å²) >= 11 is 7.97. The van der Waals surface area contributed by atoms with Crippen LogP contribution in [0.1, 0.15) is 22.2 Å². The zero-order chi connectivity index (χ0) is 21.8. The predicted molar refractivity (Wildman–Crippen MR) is 129 cm³/mol. The van der Waals surface area contributed by atoms with Crippen LogP contribution in [0.25, 0.3) is 6.08 Å². The monoisotopic (exact) mass is 467 g/mol. The number of nitrogens with zero attached hydrogens (tertiary/aromatic N) is 1. The van der Waals surface area contributed by atoms with Crippen LogP contribution in [0.4, 0.5) is 5.69 Å². The van der Waals surface area contributed by atoms with Gasteiger partial charge in [0.25, 0.3) is 5.91 Å². The Labute approximate surface area is 193 Å². The smallest absolute Gasteiger partial charge is 0.353 e.